The van der Waals surface area contributed by atoms with Crippen molar-refractivity contribution in [1.82, 2.24) is 9.88 Å². The van der Waals surface area contributed by atoms with Crippen molar-refractivity contribution < 1.29 is 9.90 Å². The number of anilines is 1. The van der Waals surface area contributed by atoms with Gasteiger partial charge in [0.25, 0.3) is 0 Å². The van der Waals surface area contributed by atoms with Gasteiger partial charge in [-0.25, -0.2) is 9.78 Å². The number of rotatable bonds is 7. The average Bonchev–Trinajstić information content (AvgIpc) is 2.35. The predicted octanol–water partition coefficient (Wildman–Crippen LogP) is 2.21. The predicted molar refractivity (Wildman–Crippen MR) is 77.3 cm³/mol. The summed E-state index contributed by atoms with van der Waals surface area (Å²) in [6.45, 7) is 4.62. The molecule has 0 fully saturated rings. The van der Waals surface area contributed by atoms with Crippen LogP contribution in [0.4, 0.5) is 5.82 Å². The van der Waals surface area contributed by atoms with Gasteiger partial charge >= 0.3 is 5.97 Å². The molecule has 106 valence electrons. The second kappa shape index (κ2) is 7.31. The Morgan fingerprint density at radius 2 is 2.05 bits per heavy atom. The van der Waals surface area contributed by atoms with Crippen LogP contribution in [0.15, 0.2) is 12.1 Å². The smallest absolute Gasteiger partial charge is 0.356 e. The van der Waals surface area contributed by atoms with Crippen LogP contribution in [-0.4, -0.2) is 54.7 Å². The van der Waals surface area contributed by atoms with Crippen LogP contribution in [0, 0.1) is 0 Å². The van der Waals surface area contributed by atoms with E-state index in [2.05, 4.69) is 9.88 Å². The summed E-state index contributed by atoms with van der Waals surface area (Å²) in [7, 11) is 4.05. The fraction of sp³-hybridized carbons (Fsp3) is 0.538. The van der Waals surface area contributed by atoms with Gasteiger partial charge in [-0.05, 0) is 46.1 Å². The molecule has 0 aliphatic rings. The van der Waals surface area contributed by atoms with Crippen LogP contribution in [0.3, 0.4) is 0 Å². The van der Waals surface area contributed by atoms with Crippen molar-refractivity contribution >= 4 is 23.4 Å². The van der Waals surface area contributed by atoms with Crippen LogP contribution >= 0.6 is 11.6 Å². The lowest BCUT2D eigenvalue weighted by Gasteiger charge is -2.23. The average molecular weight is 286 g/mol. The van der Waals surface area contributed by atoms with Crippen LogP contribution in [-0.2, 0) is 0 Å². The first kappa shape index (κ1) is 15.7. The number of aromatic nitrogens is 1. The van der Waals surface area contributed by atoms with Gasteiger partial charge < -0.3 is 14.9 Å². The van der Waals surface area contributed by atoms with Gasteiger partial charge in [0.15, 0.2) is 5.69 Å². The standard InChI is InChI=1S/C13H20ClN3O2/c1-4-17(9-5-8-16(2)3)11-7-6-10(14)12(15-11)13(18)19/h6-7H,4-5,8-9H2,1-3H3,(H,18,19). The highest BCUT2D eigenvalue weighted by atomic mass is 35.5. The van der Waals surface area contributed by atoms with Crippen molar-refractivity contribution in [1.29, 1.82) is 0 Å². The molecule has 0 saturated heterocycles. The molecule has 19 heavy (non-hydrogen) atoms. The summed E-state index contributed by atoms with van der Waals surface area (Å²) in [5.41, 5.74) is -0.0924. The molecule has 0 aromatic carbocycles. The molecule has 6 heteroatoms. The molecule has 1 aromatic heterocycles. The number of aromatic carboxylic acids is 1. The van der Waals surface area contributed by atoms with Crippen LogP contribution in [0.5, 0.6) is 0 Å². The number of halogens is 1. The number of hydrogen-bond donors (Lipinski definition) is 1. The van der Waals surface area contributed by atoms with Crippen LogP contribution in [0.2, 0.25) is 5.02 Å². The minimum absolute atomic E-state index is 0.0924. The molecule has 1 rings (SSSR count). The maximum atomic E-state index is 11.0. The van der Waals surface area contributed by atoms with Gasteiger partial charge in [0.05, 0.1) is 5.02 Å². The molecule has 0 bridgehead atoms. The highest BCUT2D eigenvalue weighted by Gasteiger charge is 2.14. The van der Waals surface area contributed by atoms with E-state index >= 15 is 0 Å². The Hall–Kier alpha value is -1.33. The van der Waals surface area contributed by atoms with Crippen molar-refractivity contribution in [3.8, 4) is 0 Å². The van der Waals surface area contributed by atoms with E-state index in [1.165, 1.54) is 0 Å². The fourth-order valence-corrected chi connectivity index (χ4v) is 1.96. The van der Waals surface area contributed by atoms with Crippen molar-refractivity contribution in [2.75, 3.05) is 38.6 Å². The summed E-state index contributed by atoms with van der Waals surface area (Å²) in [5, 5.41) is 9.19. The zero-order valence-corrected chi connectivity index (χ0v) is 12.3. The fourth-order valence-electron chi connectivity index (χ4n) is 1.77. The second-order valence-electron chi connectivity index (χ2n) is 4.54. The van der Waals surface area contributed by atoms with E-state index in [-0.39, 0.29) is 10.7 Å². The second-order valence-corrected chi connectivity index (χ2v) is 4.95. The van der Waals surface area contributed by atoms with E-state index in [0.29, 0.717) is 5.82 Å². The Morgan fingerprint density at radius 1 is 1.37 bits per heavy atom. The molecule has 0 unspecified atom stereocenters. The van der Waals surface area contributed by atoms with E-state index in [0.717, 1.165) is 26.1 Å². The Bertz CT molecular complexity index is 438. The molecule has 1 N–H and O–H groups in total. The van der Waals surface area contributed by atoms with Gasteiger partial charge in [-0.3, -0.25) is 0 Å². The first-order valence-corrected chi connectivity index (χ1v) is 6.63. The molecule has 1 heterocycles. The molecular weight excluding hydrogens is 266 g/mol. The van der Waals surface area contributed by atoms with E-state index in [1.54, 1.807) is 12.1 Å². The molecular formula is C13H20ClN3O2. The highest BCUT2D eigenvalue weighted by molar-refractivity contribution is 6.33. The molecule has 0 spiro atoms. The Kier molecular flexibility index (Phi) is 6.05. The third-order valence-electron chi connectivity index (χ3n) is 2.77. The summed E-state index contributed by atoms with van der Waals surface area (Å²) in [5.74, 6) is -0.445. The molecule has 0 aliphatic heterocycles. The summed E-state index contributed by atoms with van der Waals surface area (Å²) in [4.78, 5) is 19.3. The van der Waals surface area contributed by atoms with E-state index < -0.39 is 5.97 Å². The summed E-state index contributed by atoms with van der Waals surface area (Å²) in [6, 6.07) is 3.34. The zero-order valence-electron chi connectivity index (χ0n) is 11.6. The molecule has 0 radical (unpaired) electrons. The SMILES string of the molecule is CCN(CCCN(C)C)c1ccc(Cl)c(C(=O)O)n1. The summed E-state index contributed by atoms with van der Waals surface area (Å²) in [6.07, 6.45) is 0.994. The first-order chi connectivity index (χ1) is 8.95. The normalized spacial score (nSPS) is 10.8. The minimum Gasteiger partial charge on any atom is -0.476 e. The van der Waals surface area contributed by atoms with Gasteiger partial charge in [0.1, 0.15) is 5.82 Å². The summed E-state index contributed by atoms with van der Waals surface area (Å²) < 4.78 is 0. The van der Waals surface area contributed by atoms with Crippen molar-refractivity contribution in [3.05, 3.63) is 22.8 Å². The van der Waals surface area contributed by atoms with Crippen LogP contribution in [0.25, 0.3) is 0 Å². The lowest BCUT2D eigenvalue weighted by molar-refractivity contribution is 0.0691. The first-order valence-electron chi connectivity index (χ1n) is 6.25. The van der Waals surface area contributed by atoms with Crippen molar-refractivity contribution in [3.63, 3.8) is 0 Å². The lowest BCUT2D eigenvalue weighted by Crippen LogP contribution is -2.28. The quantitative estimate of drug-likeness (QED) is 0.832. The van der Waals surface area contributed by atoms with Crippen LogP contribution in [0.1, 0.15) is 23.8 Å². The highest BCUT2D eigenvalue weighted by Crippen LogP contribution is 2.19. The number of carboxylic acid groups (broad SMARTS) is 1. The van der Waals surface area contributed by atoms with Crippen molar-refractivity contribution in [2.24, 2.45) is 0 Å². The minimum atomic E-state index is -1.10. The van der Waals surface area contributed by atoms with Crippen molar-refractivity contribution in [2.45, 2.75) is 13.3 Å². The molecule has 5 nitrogen and oxygen atoms in total. The van der Waals surface area contributed by atoms with Crippen LogP contribution < -0.4 is 4.90 Å². The topological polar surface area (TPSA) is 56.7 Å². The van der Waals surface area contributed by atoms with Gasteiger partial charge in [0.2, 0.25) is 0 Å². The number of pyridine rings is 1. The number of carbonyl (C=O) groups is 1. The lowest BCUT2D eigenvalue weighted by atomic mass is 10.3. The van der Waals surface area contributed by atoms with Gasteiger partial charge in [-0.1, -0.05) is 11.6 Å². The maximum Gasteiger partial charge on any atom is 0.356 e. The number of hydrogen-bond acceptors (Lipinski definition) is 4. The number of carboxylic acids is 1. The Morgan fingerprint density at radius 3 is 2.58 bits per heavy atom. The van der Waals surface area contributed by atoms with E-state index in [1.807, 2.05) is 25.9 Å². The molecule has 0 saturated carbocycles. The van der Waals surface area contributed by atoms with E-state index in [4.69, 9.17) is 16.7 Å². The zero-order chi connectivity index (χ0) is 14.4. The third-order valence-corrected chi connectivity index (χ3v) is 3.08. The van der Waals surface area contributed by atoms with Gasteiger partial charge in [-0.2, -0.15) is 0 Å². The third kappa shape index (κ3) is 4.69. The molecule has 0 amide bonds. The summed E-state index contributed by atoms with van der Waals surface area (Å²) >= 11 is 5.82. The molecule has 1 aromatic rings. The largest absolute Gasteiger partial charge is 0.476 e. The monoisotopic (exact) mass is 285 g/mol. The molecule has 0 atom stereocenters. The van der Waals surface area contributed by atoms with E-state index in [9.17, 15) is 4.79 Å². The molecule has 0 aliphatic carbocycles. The number of nitrogens with zero attached hydrogens (tertiary/aromatic N) is 3. The van der Waals surface area contributed by atoms with Gasteiger partial charge in [-0.15, -0.1) is 0 Å². The van der Waals surface area contributed by atoms with Gasteiger partial charge in [0, 0.05) is 13.1 Å². The Balaban J connectivity index is 2.81. The Labute approximate surface area is 118 Å². The maximum absolute atomic E-state index is 11.0.